The highest BCUT2D eigenvalue weighted by molar-refractivity contribution is 6.37. The lowest BCUT2D eigenvalue weighted by Gasteiger charge is -2.32. The molecular weight excluding hydrogens is 670 g/mol. The Morgan fingerprint density at radius 3 is 2.17 bits per heavy atom. The third kappa shape index (κ3) is 9.11. The van der Waals surface area contributed by atoms with Gasteiger partial charge in [-0.25, -0.2) is 9.59 Å². The summed E-state index contributed by atoms with van der Waals surface area (Å²) in [5, 5.41) is 32.5. The molecule has 0 atom stereocenters. The molecule has 0 aliphatic carbocycles. The van der Waals surface area contributed by atoms with E-state index in [1.54, 1.807) is 30.1 Å². The molecule has 4 aromatic carbocycles. The molecule has 2 heterocycles. The van der Waals surface area contributed by atoms with Crippen molar-refractivity contribution in [3.05, 3.63) is 113 Å². The van der Waals surface area contributed by atoms with Gasteiger partial charge in [-0.15, -0.1) is 0 Å². The SMILES string of the molecule is COC(=O)c1ccc2c(c1)NC(=O)C2=C(Nc1ccc(N(C)C(=O)CN2CCN(C)CC2)cc1)c1ccccc1.O.O=C(O)c1cc(O)ccc1O. The van der Waals surface area contributed by atoms with E-state index in [-0.39, 0.29) is 34.4 Å². The third-order valence-electron chi connectivity index (χ3n) is 8.56. The summed E-state index contributed by atoms with van der Waals surface area (Å²) in [6.45, 7) is 4.09. The van der Waals surface area contributed by atoms with E-state index in [4.69, 9.17) is 20.1 Å². The van der Waals surface area contributed by atoms with Gasteiger partial charge in [-0.05, 0) is 67.2 Å². The largest absolute Gasteiger partial charge is 0.508 e. The highest BCUT2D eigenvalue weighted by Gasteiger charge is 2.29. The van der Waals surface area contributed by atoms with Crippen molar-refractivity contribution in [1.29, 1.82) is 0 Å². The van der Waals surface area contributed by atoms with Crippen LogP contribution >= 0.6 is 0 Å². The molecule has 0 bridgehead atoms. The first kappa shape index (κ1) is 38.6. The number of carbonyl (C=O) groups excluding carboxylic acids is 3. The number of hydrogen-bond donors (Lipinski definition) is 5. The Labute approximate surface area is 300 Å². The molecule has 0 unspecified atom stereocenters. The van der Waals surface area contributed by atoms with Gasteiger partial charge in [-0.1, -0.05) is 36.4 Å². The van der Waals surface area contributed by atoms with Gasteiger partial charge in [-0.2, -0.15) is 0 Å². The highest BCUT2D eigenvalue weighted by Crippen LogP contribution is 2.38. The number of phenols is 2. The number of amides is 2. The van der Waals surface area contributed by atoms with Gasteiger partial charge in [0.1, 0.15) is 17.1 Å². The number of carboxylic acid groups (broad SMARTS) is 1. The number of esters is 1. The lowest BCUT2D eigenvalue weighted by Crippen LogP contribution is -2.48. The fourth-order valence-electron chi connectivity index (χ4n) is 5.61. The van der Waals surface area contributed by atoms with Gasteiger partial charge in [0.25, 0.3) is 5.91 Å². The second kappa shape index (κ2) is 17.1. The van der Waals surface area contributed by atoms with Crippen molar-refractivity contribution in [2.24, 2.45) is 0 Å². The van der Waals surface area contributed by atoms with Crippen molar-refractivity contribution < 1.29 is 44.7 Å². The van der Waals surface area contributed by atoms with E-state index in [1.165, 1.54) is 13.2 Å². The van der Waals surface area contributed by atoms with E-state index < -0.39 is 11.9 Å². The number of anilines is 3. The van der Waals surface area contributed by atoms with Crippen LogP contribution in [0.4, 0.5) is 17.1 Å². The number of rotatable bonds is 8. The molecule has 4 aromatic rings. The molecule has 7 N–H and O–H groups in total. The number of carbonyl (C=O) groups is 4. The summed E-state index contributed by atoms with van der Waals surface area (Å²) in [6, 6.07) is 25.5. The first-order valence-corrected chi connectivity index (χ1v) is 16.1. The topological polar surface area (TPSA) is 203 Å². The van der Waals surface area contributed by atoms with Gasteiger partial charge >= 0.3 is 11.9 Å². The van der Waals surface area contributed by atoms with Crippen molar-refractivity contribution >= 4 is 52.1 Å². The number of aromatic hydroxyl groups is 2. The summed E-state index contributed by atoms with van der Waals surface area (Å²) in [6.07, 6.45) is 0. The monoisotopic (exact) mass is 711 g/mol. The van der Waals surface area contributed by atoms with Crippen LogP contribution in [0.15, 0.2) is 91.0 Å². The Bertz CT molecular complexity index is 1960. The van der Waals surface area contributed by atoms with E-state index in [0.717, 1.165) is 55.2 Å². The fraction of sp³-hybridized carbons (Fsp3) is 0.211. The molecule has 0 aromatic heterocycles. The molecule has 272 valence electrons. The van der Waals surface area contributed by atoms with Crippen molar-refractivity contribution in [3.63, 3.8) is 0 Å². The molecule has 2 aliphatic heterocycles. The van der Waals surface area contributed by atoms with Crippen molar-refractivity contribution in [3.8, 4) is 11.5 Å². The maximum Gasteiger partial charge on any atom is 0.339 e. The molecule has 14 heteroatoms. The molecule has 0 radical (unpaired) electrons. The minimum Gasteiger partial charge on any atom is -0.508 e. The zero-order valence-corrected chi connectivity index (χ0v) is 28.9. The van der Waals surface area contributed by atoms with E-state index in [0.29, 0.717) is 34.6 Å². The van der Waals surface area contributed by atoms with Crippen LogP contribution in [0.2, 0.25) is 0 Å². The van der Waals surface area contributed by atoms with Crippen LogP contribution in [0, 0.1) is 0 Å². The second-order valence-electron chi connectivity index (χ2n) is 12.0. The van der Waals surface area contributed by atoms with Crippen LogP contribution in [-0.4, -0.2) is 108 Å². The highest BCUT2D eigenvalue weighted by atomic mass is 16.5. The lowest BCUT2D eigenvalue weighted by atomic mass is 9.99. The summed E-state index contributed by atoms with van der Waals surface area (Å²) in [7, 11) is 5.21. The number of phenolic OH excluding ortho intramolecular Hbond substituents is 1. The quantitative estimate of drug-likeness (QED) is 0.102. The van der Waals surface area contributed by atoms with Crippen LogP contribution in [0.3, 0.4) is 0 Å². The zero-order valence-electron chi connectivity index (χ0n) is 28.9. The second-order valence-corrected chi connectivity index (χ2v) is 12.0. The number of carboxylic acids is 1. The number of nitrogens with zero attached hydrogens (tertiary/aromatic N) is 3. The number of piperazine rings is 1. The van der Waals surface area contributed by atoms with Crippen molar-refractivity contribution in [2.45, 2.75) is 0 Å². The Balaban J connectivity index is 0.000000433. The first-order valence-electron chi connectivity index (χ1n) is 16.1. The molecule has 0 saturated carbocycles. The number of methoxy groups -OCH3 is 1. The van der Waals surface area contributed by atoms with Gasteiger partial charge in [-0.3, -0.25) is 14.5 Å². The van der Waals surface area contributed by atoms with Gasteiger partial charge in [0.15, 0.2) is 0 Å². The van der Waals surface area contributed by atoms with Crippen LogP contribution in [0.5, 0.6) is 11.5 Å². The van der Waals surface area contributed by atoms with Crippen LogP contribution in [0.25, 0.3) is 11.3 Å². The van der Waals surface area contributed by atoms with Gasteiger partial charge in [0, 0.05) is 50.2 Å². The first-order chi connectivity index (χ1) is 24.4. The predicted octanol–water partition coefficient (Wildman–Crippen LogP) is 3.59. The van der Waals surface area contributed by atoms with E-state index >= 15 is 0 Å². The average Bonchev–Trinajstić information content (AvgIpc) is 3.47. The smallest absolute Gasteiger partial charge is 0.339 e. The zero-order chi connectivity index (χ0) is 36.7. The van der Waals surface area contributed by atoms with E-state index in [9.17, 15) is 19.2 Å². The Morgan fingerprint density at radius 2 is 1.56 bits per heavy atom. The third-order valence-corrected chi connectivity index (χ3v) is 8.56. The van der Waals surface area contributed by atoms with Gasteiger partial charge in [0.05, 0.1) is 36.2 Å². The Morgan fingerprint density at radius 1 is 0.885 bits per heavy atom. The average molecular weight is 712 g/mol. The molecule has 1 saturated heterocycles. The minimum atomic E-state index is -1.27. The summed E-state index contributed by atoms with van der Waals surface area (Å²) >= 11 is 0. The number of aromatic carboxylic acids is 1. The number of likely N-dealkylation sites (N-methyl/N-ethyl adjacent to an activating group) is 2. The molecule has 14 nitrogen and oxygen atoms in total. The predicted molar refractivity (Wildman–Crippen MR) is 197 cm³/mol. The number of nitrogens with one attached hydrogen (secondary N) is 2. The minimum absolute atomic E-state index is 0. The summed E-state index contributed by atoms with van der Waals surface area (Å²) in [4.78, 5) is 54.6. The normalized spacial score (nSPS) is 14.8. The summed E-state index contributed by atoms with van der Waals surface area (Å²) in [5.74, 6) is -2.49. The fourth-order valence-corrected chi connectivity index (χ4v) is 5.61. The van der Waals surface area contributed by atoms with Crippen LogP contribution < -0.4 is 15.5 Å². The number of benzene rings is 4. The molecule has 6 rings (SSSR count). The number of hydrogen-bond acceptors (Lipinski definition) is 10. The molecule has 2 aliphatic rings. The summed E-state index contributed by atoms with van der Waals surface area (Å²) in [5.41, 5.74) is 4.80. The van der Waals surface area contributed by atoms with E-state index in [1.807, 2.05) is 54.6 Å². The van der Waals surface area contributed by atoms with Crippen LogP contribution in [-0.2, 0) is 14.3 Å². The molecular formula is C38H41N5O9. The Kier molecular flexibility index (Phi) is 12.7. The van der Waals surface area contributed by atoms with Gasteiger partial charge in [0.2, 0.25) is 5.91 Å². The lowest BCUT2D eigenvalue weighted by molar-refractivity contribution is -0.119. The standard InChI is InChI=1S/C31H33N5O4.C7H6O4.H2O/c1-34-15-17-36(18-16-34)20-27(37)35(2)24-12-10-23(11-13-24)32-29(21-7-5-4-6-8-21)28-25-14-9-22(31(39)40-3)19-26(25)33-30(28)38;8-4-1-2-6(9)5(3-4)7(10)11;/h4-14,19,32H,15-18,20H2,1-3H3,(H,33,38);1-3,8-9H,(H,10,11);1H2. The molecule has 0 spiro atoms. The van der Waals surface area contributed by atoms with Crippen molar-refractivity contribution in [1.82, 2.24) is 9.80 Å². The van der Waals surface area contributed by atoms with Crippen molar-refractivity contribution in [2.75, 3.05) is 69.5 Å². The Hall–Kier alpha value is -6.22. The molecule has 52 heavy (non-hydrogen) atoms. The maximum atomic E-state index is 13.2. The van der Waals surface area contributed by atoms with Crippen LogP contribution in [0.1, 0.15) is 31.8 Å². The van der Waals surface area contributed by atoms with E-state index in [2.05, 4.69) is 27.5 Å². The van der Waals surface area contributed by atoms with Gasteiger partial charge < -0.3 is 46.0 Å². The molecule has 2 amide bonds. The number of fused-ring (bicyclic) bond motifs is 1. The summed E-state index contributed by atoms with van der Waals surface area (Å²) < 4.78 is 4.82. The number of ether oxygens (including phenoxy) is 1. The molecule has 1 fully saturated rings. The maximum absolute atomic E-state index is 13.2.